The van der Waals surface area contributed by atoms with Gasteiger partial charge in [-0.3, -0.25) is 0 Å². The van der Waals surface area contributed by atoms with Gasteiger partial charge in [0.25, 0.3) is 0 Å². The number of fused-ring (bicyclic) bond motifs is 2. The van der Waals surface area contributed by atoms with Crippen LogP contribution in [0.15, 0.2) is 52.4 Å². The van der Waals surface area contributed by atoms with Gasteiger partial charge in [0.05, 0.1) is 34.0 Å². The quantitative estimate of drug-likeness (QED) is 0.228. The first-order chi connectivity index (χ1) is 19.0. The van der Waals surface area contributed by atoms with Crippen molar-refractivity contribution < 1.29 is 19.2 Å². The zero-order chi connectivity index (χ0) is 26.7. The highest BCUT2D eigenvalue weighted by molar-refractivity contribution is 7.14. The average Bonchev–Trinajstić information content (AvgIpc) is 3.52. The van der Waals surface area contributed by atoms with Crippen molar-refractivity contribution in [2.75, 3.05) is 4.90 Å². The second-order valence-corrected chi connectivity index (χ2v) is 12.1. The van der Waals surface area contributed by atoms with Crippen LogP contribution < -0.4 is 4.90 Å². The number of ether oxygens (including phenoxy) is 1. The van der Waals surface area contributed by atoms with Crippen molar-refractivity contribution in [3.63, 3.8) is 0 Å². The Morgan fingerprint density at radius 3 is 2.46 bits per heavy atom. The van der Waals surface area contributed by atoms with E-state index < -0.39 is 5.97 Å². The number of aromatic nitrogens is 2. The molecule has 2 aliphatic carbocycles. The Hall–Kier alpha value is -2.91. The van der Waals surface area contributed by atoms with E-state index in [2.05, 4.69) is 10.1 Å². The number of carboxylic acids is 1. The molecule has 4 fully saturated rings. The third-order valence-corrected chi connectivity index (χ3v) is 9.46. The van der Waals surface area contributed by atoms with Gasteiger partial charge in [-0.05, 0) is 56.4 Å². The average molecular weight is 583 g/mol. The number of nitrogens with zero attached hydrogens (tertiary/aromatic N) is 3. The molecule has 2 aromatic carbocycles. The van der Waals surface area contributed by atoms with E-state index in [1.165, 1.54) is 0 Å². The highest BCUT2D eigenvalue weighted by Gasteiger charge is 2.47. The molecule has 2 saturated heterocycles. The summed E-state index contributed by atoms with van der Waals surface area (Å²) in [5.41, 5.74) is 4.41. The predicted octanol–water partition coefficient (Wildman–Crippen LogP) is 7.67. The molecule has 4 heterocycles. The summed E-state index contributed by atoms with van der Waals surface area (Å²) in [5, 5.41) is 17.7. The van der Waals surface area contributed by atoms with Gasteiger partial charge >= 0.3 is 5.97 Å². The van der Waals surface area contributed by atoms with Gasteiger partial charge < -0.3 is 19.3 Å². The number of hydrogen-bond donors (Lipinski definition) is 1. The molecule has 2 bridgehead atoms. The molecule has 0 radical (unpaired) electrons. The smallest absolute Gasteiger partial charge is 0.335 e. The first kappa shape index (κ1) is 25.1. The van der Waals surface area contributed by atoms with Crippen LogP contribution in [0.5, 0.6) is 0 Å². The van der Waals surface area contributed by atoms with Gasteiger partial charge in [-0.2, -0.15) is 0 Å². The number of aromatic carboxylic acids is 1. The Balaban J connectivity index is 1.04. The summed E-state index contributed by atoms with van der Waals surface area (Å²) >= 11 is 14.7. The lowest BCUT2D eigenvalue weighted by Crippen LogP contribution is -2.62. The molecular weight excluding hydrogens is 557 g/mol. The molecular formula is C29H25Cl2N3O4S. The van der Waals surface area contributed by atoms with Crippen LogP contribution in [-0.2, 0) is 11.3 Å². The number of thiazole rings is 1. The summed E-state index contributed by atoms with van der Waals surface area (Å²) in [4.78, 5) is 18.5. The lowest BCUT2D eigenvalue weighted by atomic mass is 9.78. The molecule has 8 rings (SSSR count). The maximum Gasteiger partial charge on any atom is 0.335 e. The van der Waals surface area contributed by atoms with Gasteiger partial charge in [-0.25, -0.2) is 9.78 Å². The van der Waals surface area contributed by atoms with Crippen LogP contribution in [0, 0.1) is 0 Å². The summed E-state index contributed by atoms with van der Waals surface area (Å²) in [6, 6.07) is 13.1. The molecule has 10 heteroatoms. The molecule has 4 aliphatic rings. The lowest BCUT2D eigenvalue weighted by Gasteiger charge is -2.55. The number of carbonyl (C=O) groups is 1. The van der Waals surface area contributed by atoms with Crippen molar-refractivity contribution in [3.8, 4) is 22.5 Å². The zero-order valence-electron chi connectivity index (χ0n) is 20.8. The number of rotatable bonds is 8. The minimum Gasteiger partial charge on any atom is -0.478 e. The Labute approximate surface area is 239 Å². The minimum absolute atomic E-state index is 0.143. The van der Waals surface area contributed by atoms with Crippen molar-refractivity contribution in [1.82, 2.24) is 10.1 Å². The molecule has 39 heavy (non-hydrogen) atoms. The van der Waals surface area contributed by atoms with E-state index in [1.54, 1.807) is 23.5 Å². The van der Waals surface area contributed by atoms with Crippen LogP contribution in [0.4, 0.5) is 5.13 Å². The Morgan fingerprint density at radius 2 is 1.79 bits per heavy atom. The molecule has 3 atom stereocenters. The molecule has 7 nitrogen and oxygen atoms in total. The van der Waals surface area contributed by atoms with Crippen molar-refractivity contribution in [2.24, 2.45) is 0 Å². The minimum atomic E-state index is -0.928. The molecule has 1 N–H and O–H groups in total. The summed E-state index contributed by atoms with van der Waals surface area (Å²) in [6.45, 7) is 0.421. The Morgan fingerprint density at radius 1 is 1.08 bits per heavy atom. The maximum atomic E-state index is 11.1. The van der Waals surface area contributed by atoms with E-state index in [-0.39, 0.29) is 11.7 Å². The predicted molar refractivity (Wildman–Crippen MR) is 151 cm³/mol. The standard InChI is InChI=1S/C29H25Cl2N3O4S/c30-22-2-1-3-23(31)25(22)26-21(27(38-33-26)16-6-7-16)13-37-20-11-18-10-19(12-20)34(18)29-32-24(14-39-29)15-4-8-17(9-5-15)28(35)36/h1-5,8-9,14,16,18-20H,6-7,10-13H2,(H,35,36)/t18-,19?,20+/m1/s1. The Bertz CT molecular complexity index is 1520. The van der Waals surface area contributed by atoms with Crippen molar-refractivity contribution >= 4 is 45.6 Å². The molecule has 2 aromatic heterocycles. The molecule has 1 unspecified atom stereocenters. The fraction of sp³-hybridized carbons (Fsp3) is 0.345. The van der Waals surface area contributed by atoms with Gasteiger partial charge in [0.1, 0.15) is 11.5 Å². The number of anilines is 1. The van der Waals surface area contributed by atoms with Gasteiger partial charge in [0.15, 0.2) is 5.13 Å². The van der Waals surface area contributed by atoms with E-state index in [0.717, 1.165) is 59.8 Å². The molecule has 2 saturated carbocycles. The number of piperidine rings is 1. The van der Waals surface area contributed by atoms with Crippen LogP contribution in [0.25, 0.3) is 22.5 Å². The largest absolute Gasteiger partial charge is 0.478 e. The van der Waals surface area contributed by atoms with Gasteiger partial charge in [-0.1, -0.05) is 46.6 Å². The summed E-state index contributed by atoms with van der Waals surface area (Å²) < 4.78 is 12.3. The van der Waals surface area contributed by atoms with E-state index in [0.29, 0.717) is 45.9 Å². The topological polar surface area (TPSA) is 88.7 Å². The SMILES string of the molecule is O=C(O)c1ccc(-c2csc(N3C4C[C@@H](OCc5c(-c6c(Cl)cccc6Cl)noc5C5CC5)C[C@H]3C4)n2)cc1. The third-order valence-electron chi connectivity index (χ3n) is 7.97. The monoisotopic (exact) mass is 581 g/mol. The highest BCUT2D eigenvalue weighted by Crippen LogP contribution is 2.48. The van der Waals surface area contributed by atoms with Gasteiger partial charge in [0, 0.05) is 40.1 Å². The van der Waals surface area contributed by atoms with E-state index >= 15 is 0 Å². The van der Waals surface area contributed by atoms with E-state index in [1.807, 2.05) is 35.7 Å². The summed E-state index contributed by atoms with van der Waals surface area (Å²) in [7, 11) is 0. The van der Waals surface area contributed by atoms with Crippen LogP contribution in [0.1, 0.15) is 59.7 Å². The normalized spacial score (nSPS) is 22.1. The molecule has 4 aromatic rings. The first-order valence-corrected chi connectivity index (χ1v) is 14.7. The fourth-order valence-corrected chi connectivity index (χ4v) is 7.37. The fourth-order valence-electron chi connectivity index (χ4n) is 5.82. The van der Waals surface area contributed by atoms with Crippen LogP contribution in [0.2, 0.25) is 10.0 Å². The van der Waals surface area contributed by atoms with Gasteiger partial charge in [0.2, 0.25) is 0 Å². The number of halogens is 2. The number of hydrogen-bond acceptors (Lipinski definition) is 7. The molecule has 0 amide bonds. The molecule has 0 spiro atoms. The zero-order valence-corrected chi connectivity index (χ0v) is 23.2. The molecule has 200 valence electrons. The Kier molecular flexibility index (Phi) is 6.39. The maximum absolute atomic E-state index is 11.1. The summed E-state index contributed by atoms with van der Waals surface area (Å²) in [6.07, 6.45) is 5.35. The van der Waals surface area contributed by atoms with Gasteiger partial charge in [-0.15, -0.1) is 11.3 Å². The third kappa shape index (κ3) is 4.63. The number of benzene rings is 2. The number of carboxylic acid groups (broad SMARTS) is 1. The van der Waals surface area contributed by atoms with Crippen molar-refractivity contribution in [3.05, 3.63) is 74.8 Å². The second kappa shape index (κ2) is 9.93. The van der Waals surface area contributed by atoms with Crippen molar-refractivity contribution in [2.45, 2.75) is 62.8 Å². The first-order valence-electron chi connectivity index (χ1n) is 13.1. The van der Waals surface area contributed by atoms with Crippen LogP contribution >= 0.6 is 34.5 Å². The highest BCUT2D eigenvalue weighted by atomic mass is 35.5. The lowest BCUT2D eigenvalue weighted by molar-refractivity contribution is -0.0169. The summed E-state index contributed by atoms with van der Waals surface area (Å²) in [5.74, 6) is 0.360. The van der Waals surface area contributed by atoms with E-state index in [9.17, 15) is 4.79 Å². The van der Waals surface area contributed by atoms with E-state index in [4.69, 9.17) is 42.6 Å². The van der Waals surface area contributed by atoms with Crippen LogP contribution in [-0.4, -0.2) is 39.4 Å². The van der Waals surface area contributed by atoms with Crippen LogP contribution in [0.3, 0.4) is 0 Å². The molecule has 2 aliphatic heterocycles. The second-order valence-electron chi connectivity index (χ2n) is 10.5. The van der Waals surface area contributed by atoms with Crippen molar-refractivity contribution in [1.29, 1.82) is 0 Å².